The van der Waals surface area contributed by atoms with E-state index in [0.717, 1.165) is 0 Å². The molecular formula is C12H15NO4. The molecule has 0 aliphatic rings. The lowest BCUT2D eigenvalue weighted by Crippen LogP contribution is -2.08. The van der Waals surface area contributed by atoms with E-state index in [0.29, 0.717) is 22.7 Å². The summed E-state index contributed by atoms with van der Waals surface area (Å²) in [6.45, 7) is 2.83. The van der Waals surface area contributed by atoms with Crippen LogP contribution in [-0.2, 0) is 4.79 Å². The van der Waals surface area contributed by atoms with Crippen molar-refractivity contribution >= 4 is 17.4 Å². The van der Waals surface area contributed by atoms with Crippen molar-refractivity contribution in [1.82, 2.24) is 0 Å². The minimum Gasteiger partial charge on any atom is -0.496 e. The number of carbonyl (C=O) groups excluding carboxylic acids is 2. The highest BCUT2D eigenvalue weighted by Gasteiger charge is 2.16. The average Bonchev–Trinajstić information content (AvgIpc) is 2.26. The van der Waals surface area contributed by atoms with Crippen molar-refractivity contribution in [3.05, 3.63) is 17.7 Å². The number of ketones is 1. The van der Waals surface area contributed by atoms with E-state index < -0.39 is 0 Å². The van der Waals surface area contributed by atoms with Crippen LogP contribution in [0.3, 0.4) is 0 Å². The van der Waals surface area contributed by atoms with Crippen molar-refractivity contribution < 1.29 is 19.1 Å². The fraction of sp³-hybridized carbons (Fsp3) is 0.333. The van der Waals surface area contributed by atoms with Crippen LogP contribution in [0.4, 0.5) is 5.69 Å². The minimum atomic E-state index is -0.204. The molecule has 0 saturated heterocycles. The lowest BCUT2D eigenvalue weighted by Gasteiger charge is -2.13. The van der Waals surface area contributed by atoms with Gasteiger partial charge in [-0.25, -0.2) is 0 Å². The molecule has 0 heterocycles. The van der Waals surface area contributed by atoms with E-state index in [2.05, 4.69) is 5.32 Å². The Hall–Kier alpha value is -2.04. The van der Waals surface area contributed by atoms with Gasteiger partial charge in [0.1, 0.15) is 17.1 Å². The molecule has 1 amide bonds. The molecule has 0 bridgehead atoms. The lowest BCUT2D eigenvalue weighted by atomic mass is 10.1. The Morgan fingerprint density at radius 2 is 1.53 bits per heavy atom. The number of amides is 1. The number of anilines is 1. The van der Waals surface area contributed by atoms with Crippen LogP contribution in [0, 0.1) is 0 Å². The first-order valence-corrected chi connectivity index (χ1v) is 5.04. The molecule has 5 heteroatoms. The van der Waals surface area contributed by atoms with E-state index in [1.165, 1.54) is 28.1 Å². The molecule has 0 aliphatic heterocycles. The van der Waals surface area contributed by atoms with Crippen molar-refractivity contribution in [2.75, 3.05) is 19.5 Å². The second-order valence-electron chi connectivity index (χ2n) is 3.49. The van der Waals surface area contributed by atoms with Gasteiger partial charge < -0.3 is 14.8 Å². The molecule has 1 aromatic carbocycles. The Balaban J connectivity index is 3.33. The molecular weight excluding hydrogens is 222 g/mol. The first-order chi connectivity index (χ1) is 7.99. The van der Waals surface area contributed by atoms with E-state index in [-0.39, 0.29) is 11.7 Å². The molecule has 0 unspecified atom stereocenters. The van der Waals surface area contributed by atoms with Gasteiger partial charge in [-0.2, -0.15) is 0 Å². The Labute approximate surface area is 99.7 Å². The van der Waals surface area contributed by atoms with Gasteiger partial charge in [0.2, 0.25) is 5.91 Å². The summed E-state index contributed by atoms with van der Waals surface area (Å²) >= 11 is 0. The normalized spacial score (nSPS) is 9.65. The Morgan fingerprint density at radius 1 is 1.06 bits per heavy atom. The first-order valence-electron chi connectivity index (χ1n) is 5.04. The fourth-order valence-electron chi connectivity index (χ4n) is 1.53. The van der Waals surface area contributed by atoms with Gasteiger partial charge in [0.15, 0.2) is 5.78 Å². The Bertz CT molecular complexity index is 429. The summed E-state index contributed by atoms with van der Waals surface area (Å²) in [5.41, 5.74) is 0.889. The third-order valence-corrected chi connectivity index (χ3v) is 2.18. The Morgan fingerprint density at radius 3 is 1.82 bits per heavy atom. The van der Waals surface area contributed by atoms with Gasteiger partial charge in [0.25, 0.3) is 0 Å². The highest BCUT2D eigenvalue weighted by atomic mass is 16.5. The summed E-state index contributed by atoms with van der Waals surface area (Å²) in [4.78, 5) is 22.5. The zero-order valence-corrected chi connectivity index (χ0v) is 10.3. The molecule has 92 valence electrons. The number of benzene rings is 1. The molecule has 0 saturated carbocycles. The summed E-state index contributed by atoms with van der Waals surface area (Å²) in [5, 5.41) is 2.61. The van der Waals surface area contributed by atoms with Crippen molar-refractivity contribution in [1.29, 1.82) is 0 Å². The summed E-state index contributed by atoms with van der Waals surface area (Å²) in [6, 6.07) is 3.17. The highest BCUT2D eigenvalue weighted by Crippen LogP contribution is 2.33. The van der Waals surface area contributed by atoms with Crippen LogP contribution >= 0.6 is 0 Å². The van der Waals surface area contributed by atoms with E-state index in [1.807, 2.05) is 0 Å². The number of ether oxygens (including phenoxy) is 2. The third kappa shape index (κ3) is 2.96. The zero-order chi connectivity index (χ0) is 13.0. The number of methoxy groups -OCH3 is 2. The molecule has 0 fully saturated rings. The molecule has 1 N–H and O–H groups in total. The number of rotatable bonds is 4. The molecule has 0 atom stereocenters. The summed E-state index contributed by atoms with van der Waals surface area (Å²) in [5.74, 6) is 0.388. The van der Waals surface area contributed by atoms with Gasteiger partial charge >= 0.3 is 0 Å². The molecule has 17 heavy (non-hydrogen) atoms. The van der Waals surface area contributed by atoms with Crippen LogP contribution < -0.4 is 14.8 Å². The minimum absolute atomic E-state index is 0.159. The highest BCUT2D eigenvalue weighted by molar-refractivity contribution is 6.01. The molecule has 1 rings (SSSR count). The number of nitrogens with one attached hydrogen (secondary N) is 1. The molecule has 0 aromatic heterocycles. The van der Waals surface area contributed by atoms with E-state index in [4.69, 9.17) is 9.47 Å². The molecule has 0 spiro atoms. The number of hydrogen-bond acceptors (Lipinski definition) is 4. The average molecular weight is 237 g/mol. The molecule has 1 aromatic rings. The third-order valence-electron chi connectivity index (χ3n) is 2.18. The van der Waals surface area contributed by atoms with Crippen LogP contribution in [0.1, 0.15) is 24.2 Å². The number of carbonyl (C=O) groups is 2. The van der Waals surface area contributed by atoms with Gasteiger partial charge in [0, 0.05) is 24.7 Å². The van der Waals surface area contributed by atoms with Crippen molar-refractivity contribution in [3.63, 3.8) is 0 Å². The summed E-state index contributed by atoms with van der Waals surface area (Å²) in [6.07, 6.45) is 0. The maximum atomic E-state index is 11.5. The van der Waals surface area contributed by atoms with E-state index >= 15 is 0 Å². The van der Waals surface area contributed by atoms with Crippen LogP contribution in [-0.4, -0.2) is 25.9 Å². The molecule has 0 radical (unpaired) electrons. The van der Waals surface area contributed by atoms with Crippen LogP contribution in [0.5, 0.6) is 11.5 Å². The topological polar surface area (TPSA) is 64.6 Å². The molecule has 0 aliphatic carbocycles. The number of hydrogen-bond donors (Lipinski definition) is 1. The van der Waals surface area contributed by atoms with Gasteiger partial charge in [-0.15, -0.1) is 0 Å². The maximum absolute atomic E-state index is 11.5. The van der Waals surface area contributed by atoms with E-state index in [9.17, 15) is 9.59 Å². The van der Waals surface area contributed by atoms with Crippen LogP contribution in [0.25, 0.3) is 0 Å². The summed E-state index contributed by atoms with van der Waals surface area (Å²) < 4.78 is 10.2. The predicted molar refractivity (Wildman–Crippen MR) is 63.9 cm³/mol. The van der Waals surface area contributed by atoms with Crippen molar-refractivity contribution in [3.8, 4) is 11.5 Å². The smallest absolute Gasteiger partial charge is 0.221 e. The monoisotopic (exact) mass is 237 g/mol. The molecule has 5 nitrogen and oxygen atoms in total. The van der Waals surface area contributed by atoms with E-state index in [1.54, 1.807) is 12.1 Å². The SMILES string of the molecule is COc1cc(NC(C)=O)cc(OC)c1C(C)=O. The van der Waals surface area contributed by atoms with Crippen molar-refractivity contribution in [2.45, 2.75) is 13.8 Å². The van der Waals surface area contributed by atoms with Gasteiger partial charge in [0.05, 0.1) is 14.2 Å². The fourth-order valence-corrected chi connectivity index (χ4v) is 1.53. The standard InChI is InChI=1S/C12H15NO4/c1-7(14)12-10(16-3)5-9(13-8(2)15)6-11(12)17-4/h5-6H,1-4H3,(H,13,15). The van der Waals surface area contributed by atoms with Crippen LogP contribution in [0.2, 0.25) is 0 Å². The van der Waals surface area contributed by atoms with Gasteiger partial charge in [-0.05, 0) is 6.92 Å². The quantitative estimate of drug-likeness (QED) is 0.812. The Kier molecular flexibility index (Phi) is 4.09. The largest absolute Gasteiger partial charge is 0.496 e. The maximum Gasteiger partial charge on any atom is 0.221 e. The van der Waals surface area contributed by atoms with Crippen LogP contribution in [0.15, 0.2) is 12.1 Å². The number of Topliss-reactive ketones (excluding diaryl/α,β-unsaturated/α-hetero) is 1. The predicted octanol–water partition coefficient (Wildman–Crippen LogP) is 1.86. The lowest BCUT2D eigenvalue weighted by molar-refractivity contribution is -0.114. The van der Waals surface area contributed by atoms with Gasteiger partial charge in [-0.3, -0.25) is 9.59 Å². The first kappa shape index (κ1) is 13.0. The van der Waals surface area contributed by atoms with Gasteiger partial charge in [-0.1, -0.05) is 0 Å². The van der Waals surface area contributed by atoms with Crippen molar-refractivity contribution in [2.24, 2.45) is 0 Å². The second kappa shape index (κ2) is 5.34. The second-order valence-corrected chi connectivity index (χ2v) is 3.49. The zero-order valence-electron chi connectivity index (χ0n) is 10.3. The summed E-state index contributed by atoms with van der Waals surface area (Å²) in [7, 11) is 2.91.